The molecule has 2 N–H and O–H groups in total. The number of hydrogen-bond donors (Lipinski definition) is 2. The number of rotatable bonds is 2. The summed E-state index contributed by atoms with van der Waals surface area (Å²) in [6.45, 7) is 3.75. The van der Waals surface area contributed by atoms with Gasteiger partial charge in [-0.05, 0) is 19.9 Å². The molecule has 1 amide bonds. The first-order chi connectivity index (χ1) is 6.15. The quantitative estimate of drug-likeness (QED) is 0.658. The normalized spacial score (nSPS) is 9.31. The van der Waals surface area contributed by atoms with Gasteiger partial charge in [-0.25, -0.2) is 0 Å². The van der Waals surface area contributed by atoms with Crippen LogP contribution in [0.3, 0.4) is 0 Å². The van der Waals surface area contributed by atoms with E-state index in [1.165, 1.54) is 0 Å². The smallest absolute Gasteiger partial charge is 0.253 e. The molecule has 0 saturated heterocycles. The number of nitrogens with zero attached hydrogens (tertiary/aromatic N) is 1. The molecule has 4 heteroatoms. The maximum Gasteiger partial charge on any atom is 0.253 e. The van der Waals surface area contributed by atoms with Crippen molar-refractivity contribution < 1.29 is 4.79 Å². The average Bonchev–Trinajstić information content (AvgIpc) is 2.41. The highest BCUT2D eigenvalue weighted by molar-refractivity contribution is 5.95. The Balaban J connectivity index is 2.78. The lowest BCUT2D eigenvalue weighted by atomic mass is 10.2. The third-order valence-corrected chi connectivity index (χ3v) is 1.72. The van der Waals surface area contributed by atoms with Crippen molar-refractivity contribution in [3.8, 4) is 6.07 Å². The summed E-state index contributed by atoms with van der Waals surface area (Å²) < 4.78 is 0. The minimum Gasteiger partial charge on any atom is -0.362 e. The summed E-state index contributed by atoms with van der Waals surface area (Å²) in [6.07, 6.45) is 0. The summed E-state index contributed by atoms with van der Waals surface area (Å²) in [6, 6.07) is 3.62. The molecule has 0 saturated carbocycles. The van der Waals surface area contributed by atoms with E-state index in [0.29, 0.717) is 5.56 Å². The van der Waals surface area contributed by atoms with Crippen molar-refractivity contribution in [1.82, 2.24) is 10.3 Å². The zero-order valence-electron chi connectivity index (χ0n) is 7.64. The largest absolute Gasteiger partial charge is 0.362 e. The fourth-order valence-corrected chi connectivity index (χ4v) is 1.17. The summed E-state index contributed by atoms with van der Waals surface area (Å²) >= 11 is 0. The third-order valence-electron chi connectivity index (χ3n) is 1.72. The second-order valence-corrected chi connectivity index (χ2v) is 2.83. The Hall–Kier alpha value is -1.76. The number of carbonyl (C=O) groups is 1. The van der Waals surface area contributed by atoms with Gasteiger partial charge < -0.3 is 10.3 Å². The van der Waals surface area contributed by atoms with Gasteiger partial charge in [0.15, 0.2) is 0 Å². The van der Waals surface area contributed by atoms with Crippen LogP contribution in [0.2, 0.25) is 0 Å². The van der Waals surface area contributed by atoms with Gasteiger partial charge in [-0.1, -0.05) is 0 Å². The van der Waals surface area contributed by atoms with Gasteiger partial charge in [-0.2, -0.15) is 5.26 Å². The van der Waals surface area contributed by atoms with Gasteiger partial charge in [0.2, 0.25) is 0 Å². The van der Waals surface area contributed by atoms with Gasteiger partial charge in [-0.15, -0.1) is 0 Å². The Morgan fingerprint density at radius 1 is 1.69 bits per heavy atom. The molecule has 68 valence electrons. The predicted molar refractivity (Wildman–Crippen MR) is 48.2 cm³/mol. The molecule has 1 aromatic heterocycles. The Morgan fingerprint density at radius 2 is 2.38 bits per heavy atom. The van der Waals surface area contributed by atoms with Crippen molar-refractivity contribution in [2.24, 2.45) is 0 Å². The summed E-state index contributed by atoms with van der Waals surface area (Å²) in [7, 11) is 0. The predicted octanol–water partition coefficient (Wildman–Crippen LogP) is 0.885. The molecular formula is C9H11N3O. The Morgan fingerprint density at radius 3 is 2.85 bits per heavy atom. The highest BCUT2D eigenvalue weighted by Crippen LogP contribution is 2.08. The van der Waals surface area contributed by atoms with Gasteiger partial charge in [0.1, 0.15) is 6.54 Å². The third kappa shape index (κ3) is 2.09. The van der Waals surface area contributed by atoms with Gasteiger partial charge >= 0.3 is 0 Å². The second-order valence-electron chi connectivity index (χ2n) is 2.83. The number of aryl methyl sites for hydroxylation is 2. The maximum atomic E-state index is 11.4. The average molecular weight is 177 g/mol. The molecule has 0 spiro atoms. The molecule has 0 aliphatic carbocycles. The lowest BCUT2D eigenvalue weighted by Crippen LogP contribution is -2.23. The van der Waals surface area contributed by atoms with Crippen LogP contribution in [0.15, 0.2) is 6.07 Å². The molecule has 0 aliphatic rings. The maximum absolute atomic E-state index is 11.4. The van der Waals surface area contributed by atoms with E-state index in [9.17, 15) is 4.79 Å². The van der Waals surface area contributed by atoms with Crippen molar-refractivity contribution >= 4 is 5.91 Å². The zero-order chi connectivity index (χ0) is 9.84. The fourth-order valence-electron chi connectivity index (χ4n) is 1.17. The van der Waals surface area contributed by atoms with Crippen LogP contribution in [0.5, 0.6) is 0 Å². The lowest BCUT2D eigenvalue weighted by Gasteiger charge is -1.98. The molecule has 0 bridgehead atoms. The minimum absolute atomic E-state index is 0.0441. The molecule has 0 radical (unpaired) electrons. The van der Waals surface area contributed by atoms with E-state index in [1.807, 2.05) is 19.9 Å². The van der Waals surface area contributed by atoms with Crippen LogP contribution in [0.25, 0.3) is 0 Å². The molecule has 0 unspecified atom stereocenters. The first-order valence-electron chi connectivity index (χ1n) is 3.96. The standard InChI is InChI=1S/C9H11N3O/c1-6-5-8(7(2)12-6)9(13)11-4-3-10/h5,12H,4H2,1-2H3,(H,11,13). The molecule has 0 atom stereocenters. The number of nitriles is 1. The SMILES string of the molecule is Cc1cc(C(=O)NCC#N)c(C)[nH]1. The lowest BCUT2D eigenvalue weighted by molar-refractivity contribution is 0.0958. The van der Waals surface area contributed by atoms with Crippen molar-refractivity contribution in [2.45, 2.75) is 13.8 Å². The molecular weight excluding hydrogens is 166 g/mol. The molecule has 1 rings (SSSR count). The number of aromatic amines is 1. The molecule has 0 fully saturated rings. The Bertz CT molecular complexity index is 359. The van der Waals surface area contributed by atoms with E-state index in [2.05, 4.69) is 10.3 Å². The molecule has 1 aromatic rings. The first kappa shape index (κ1) is 9.33. The van der Waals surface area contributed by atoms with Gasteiger partial charge in [-0.3, -0.25) is 4.79 Å². The van der Waals surface area contributed by atoms with Crippen molar-refractivity contribution in [3.63, 3.8) is 0 Å². The highest BCUT2D eigenvalue weighted by Gasteiger charge is 2.09. The van der Waals surface area contributed by atoms with E-state index in [1.54, 1.807) is 6.07 Å². The number of nitrogens with one attached hydrogen (secondary N) is 2. The van der Waals surface area contributed by atoms with Crippen LogP contribution >= 0.6 is 0 Å². The number of amides is 1. The van der Waals surface area contributed by atoms with E-state index in [4.69, 9.17) is 5.26 Å². The van der Waals surface area contributed by atoms with Gasteiger partial charge in [0.25, 0.3) is 5.91 Å². The highest BCUT2D eigenvalue weighted by atomic mass is 16.1. The van der Waals surface area contributed by atoms with Crippen LogP contribution in [0.1, 0.15) is 21.7 Å². The minimum atomic E-state index is -0.205. The first-order valence-corrected chi connectivity index (χ1v) is 3.96. The summed E-state index contributed by atoms with van der Waals surface area (Å²) in [5.74, 6) is -0.205. The van der Waals surface area contributed by atoms with Gasteiger partial charge in [0, 0.05) is 11.4 Å². The Kier molecular flexibility index (Phi) is 2.70. The van der Waals surface area contributed by atoms with Crippen LogP contribution in [0.4, 0.5) is 0 Å². The van der Waals surface area contributed by atoms with E-state index in [-0.39, 0.29) is 12.5 Å². The topological polar surface area (TPSA) is 68.7 Å². The summed E-state index contributed by atoms with van der Waals surface area (Å²) in [4.78, 5) is 14.4. The van der Waals surface area contributed by atoms with Crippen LogP contribution < -0.4 is 5.32 Å². The molecule has 0 aromatic carbocycles. The van der Waals surface area contributed by atoms with Crippen LogP contribution in [-0.2, 0) is 0 Å². The van der Waals surface area contributed by atoms with Crippen LogP contribution in [0, 0.1) is 25.2 Å². The summed E-state index contributed by atoms with van der Waals surface area (Å²) in [5, 5.41) is 10.7. The number of hydrogen-bond acceptors (Lipinski definition) is 2. The van der Waals surface area contributed by atoms with Crippen molar-refractivity contribution in [1.29, 1.82) is 5.26 Å². The molecule has 13 heavy (non-hydrogen) atoms. The fraction of sp³-hybridized carbons (Fsp3) is 0.333. The molecule has 0 aliphatic heterocycles. The molecule has 1 heterocycles. The Labute approximate surface area is 76.6 Å². The molecule has 4 nitrogen and oxygen atoms in total. The second kappa shape index (κ2) is 3.76. The number of aromatic nitrogens is 1. The zero-order valence-corrected chi connectivity index (χ0v) is 7.64. The van der Waals surface area contributed by atoms with Crippen molar-refractivity contribution in [3.05, 3.63) is 23.0 Å². The van der Waals surface area contributed by atoms with E-state index in [0.717, 1.165) is 11.4 Å². The van der Waals surface area contributed by atoms with E-state index >= 15 is 0 Å². The van der Waals surface area contributed by atoms with Gasteiger partial charge in [0.05, 0.1) is 11.6 Å². The monoisotopic (exact) mass is 177 g/mol. The van der Waals surface area contributed by atoms with E-state index < -0.39 is 0 Å². The number of carbonyl (C=O) groups excluding carboxylic acids is 1. The number of H-pyrrole nitrogens is 1. The van der Waals surface area contributed by atoms with Crippen LogP contribution in [-0.4, -0.2) is 17.4 Å². The van der Waals surface area contributed by atoms with Crippen molar-refractivity contribution in [2.75, 3.05) is 6.54 Å². The summed E-state index contributed by atoms with van der Waals surface area (Å²) in [5.41, 5.74) is 2.38.